The number of aryl methyl sites for hydroxylation is 1. The molecule has 2 aromatic rings. The second-order valence-corrected chi connectivity index (χ2v) is 4.97. The Labute approximate surface area is 107 Å². The quantitative estimate of drug-likeness (QED) is 0.755. The first-order valence-corrected chi connectivity index (χ1v) is 6.45. The minimum absolute atomic E-state index is 0.503. The van der Waals surface area contributed by atoms with Crippen LogP contribution in [0.4, 0.5) is 0 Å². The average molecular weight is 249 g/mol. The van der Waals surface area contributed by atoms with Gasteiger partial charge >= 0.3 is 0 Å². The van der Waals surface area contributed by atoms with Crippen molar-refractivity contribution in [3.63, 3.8) is 0 Å². The van der Waals surface area contributed by atoms with Gasteiger partial charge in [0.25, 0.3) is 0 Å². The highest BCUT2D eigenvalue weighted by Gasteiger charge is 2.07. The van der Waals surface area contributed by atoms with E-state index in [1.54, 1.807) is 0 Å². The van der Waals surface area contributed by atoms with Crippen LogP contribution < -0.4 is 0 Å². The molecule has 1 aromatic heterocycles. The molecule has 0 N–H and O–H groups in total. The molecule has 1 heterocycles. The number of benzene rings is 1. The van der Waals surface area contributed by atoms with E-state index >= 15 is 0 Å². The van der Waals surface area contributed by atoms with E-state index in [4.69, 9.17) is 11.6 Å². The van der Waals surface area contributed by atoms with E-state index in [9.17, 15) is 0 Å². The molecule has 0 spiro atoms. The molecule has 0 saturated heterocycles. The van der Waals surface area contributed by atoms with Gasteiger partial charge in [-0.05, 0) is 30.0 Å². The number of rotatable bonds is 3. The average Bonchev–Trinajstić information content (AvgIpc) is 2.28. The third-order valence-electron chi connectivity index (χ3n) is 2.86. The van der Waals surface area contributed by atoms with Crippen molar-refractivity contribution in [3.05, 3.63) is 34.7 Å². The molecule has 0 aliphatic carbocycles. The van der Waals surface area contributed by atoms with Crippen LogP contribution in [0.15, 0.2) is 18.2 Å². The van der Waals surface area contributed by atoms with Gasteiger partial charge in [-0.3, -0.25) is 0 Å². The highest BCUT2D eigenvalue weighted by molar-refractivity contribution is 6.34. The Hall–Kier alpha value is -1.15. The molecule has 0 radical (unpaired) electrons. The Morgan fingerprint density at radius 2 is 2.00 bits per heavy atom. The molecule has 0 aliphatic heterocycles. The summed E-state index contributed by atoms with van der Waals surface area (Å²) in [6.07, 6.45) is 1.91. The molecule has 2 rings (SSSR count). The largest absolute Gasteiger partial charge is 0.233 e. The predicted octanol–water partition coefficient (Wildman–Crippen LogP) is 4.36. The maximum absolute atomic E-state index is 6.18. The minimum atomic E-state index is 0.503. The van der Waals surface area contributed by atoms with Crippen LogP contribution in [0.25, 0.3) is 10.9 Å². The standard InChI is InChI=1S/C14H17ClN2/c1-4-5-13-16-12-8-10(9(2)3)6-7-11(12)14(15)17-13/h6-9H,4-5H2,1-3H3. The third-order valence-corrected chi connectivity index (χ3v) is 3.15. The summed E-state index contributed by atoms with van der Waals surface area (Å²) in [6, 6.07) is 6.23. The molecular formula is C14H17ClN2. The topological polar surface area (TPSA) is 25.8 Å². The van der Waals surface area contributed by atoms with E-state index < -0.39 is 0 Å². The molecule has 2 nitrogen and oxygen atoms in total. The summed E-state index contributed by atoms with van der Waals surface area (Å²) in [4.78, 5) is 8.89. The summed E-state index contributed by atoms with van der Waals surface area (Å²) >= 11 is 6.18. The lowest BCUT2D eigenvalue weighted by Gasteiger charge is -2.08. The normalized spacial score (nSPS) is 11.4. The summed E-state index contributed by atoms with van der Waals surface area (Å²) in [6.45, 7) is 6.47. The molecule has 17 heavy (non-hydrogen) atoms. The van der Waals surface area contributed by atoms with Crippen LogP contribution >= 0.6 is 11.6 Å². The van der Waals surface area contributed by atoms with E-state index in [1.807, 2.05) is 6.07 Å². The number of aromatic nitrogens is 2. The van der Waals surface area contributed by atoms with Gasteiger partial charge in [0.15, 0.2) is 0 Å². The van der Waals surface area contributed by atoms with Crippen molar-refractivity contribution in [1.82, 2.24) is 9.97 Å². The zero-order valence-corrected chi connectivity index (χ0v) is 11.3. The zero-order chi connectivity index (χ0) is 12.4. The maximum atomic E-state index is 6.18. The van der Waals surface area contributed by atoms with Crippen LogP contribution in [0.1, 0.15) is 44.5 Å². The molecule has 0 amide bonds. The SMILES string of the molecule is CCCc1nc(Cl)c2ccc(C(C)C)cc2n1. The van der Waals surface area contributed by atoms with Crippen molar-refractivity contribution in [2.45, 2.75) is 39.5 Å². The lowest BCUT2D eigenvalue weighted by atomic mass is 10.0. The number of nitrogens with zero attached hydrogens (tertiary/aromatic N) is 2. The van der Waals surface area contributed by atoms with Crippen molar-refractivity contribution in [2.24, 2.45) is 0 Å². The van der Waals surface area contributed by atoms with E-state index in [1.165, 1.54) is 5.56 Å². The second-order valence-electron chi connectivity index (χ2n) is 4.61. The molecule has 90 valence electrons. The van der Waals surface area contributed by atoms with Gasteiger partial charge in [-0.15, -0.1) is 0 Å². The molecular weight excluding hydrogens is 232 g/mol. The zero-order valence-electron chi connectivity index (χ0n) is 10.5. The Morgan fingerprint density at radius 3 is 2.65 bits per heavy atom. The van der Waals surface area contributed by atoms with Gasteiger partial charge in [0.2, 0.25) is 0 Å². The molecule has 0 aliphatic rings. The maximum Gasteiger partial charge on any atom is 0.140 e. The van der Waals surface area contributed by atoms with Gasteiger partial charge in [0.1, 0.15) is 11.0 Å². The van der Waals surface area contributed by atoms with Crippen molar-refractivity contribution >= 4 is 22.5 Å². The first-order chi connectivity index (χ1) is 8.11. The molecule has 0 fully saturated rings. The fourth-order valence-electron chi connectivity index (χ4n) is 1.85. The van der Waals surface area contributed by atoms with Crippen LogP contribution in [-0.2, 0) is 6.42 Å². The highest BCUT2D eigenvalue weighted by Crippen LogP contribution is 2.24. The lowest BCUT2D eigenvalue weighted by Crippen LogP contribution is -1.97. The van der Waals surface area contributed by atoms with Gasteiger partial charge in [-0.1, -0.05) is 38.4 Å². The van der Waals surface area contributed by atoms with Gasteiger partial charge in [0.05, 0.1) is 5.52 Å². The Balaban J connectivity index is 2.58. The predicted molar refractivity (Wildman–Crippen MR) is 72.6 cm³/mol. The summed E-state index contributed by atoms with van der Waals surface area (Å²) in [5.41, 5.74) is 2.24. The first-order valence-electron chi connectivity index (χ1n) is 6.08. The number of halogens is 1. The highest BCUT2D eigenvalue weighted by atomic mass is 35.5. The second kappa shape index (κ2) is 5.01. The van der Waals surface area contributed by atoms with Gasteiger partial charge in [0, 0.05) is 11.8 Å². The monoisotopic (exact) mass is 248 g/mol. The Bertz CT molecular complexity index is 535. The number of fused-ring (bicyclic) bond motifs is 1. The van der Waals surface area contributed by atoms with Gasteiger partial charge in [-0.25, -0.2) is 9.97 Å². The van der Waals surface area contributed by atoms with Crippen LogP contribution in [0.2, 0.25) is 5.15 Å². The summed E-state index contributed by atoms with van der Waals surface area (Å²) in [5, 5.41) is 1.50. The van der Waals surface area contributed by atoms with Crippen LogP contribution in [-0.4, -0.2) is 9.97 Å². The third kappa shape index (κ3) is 2.58. The van der Waals surface area contributed by atoms with Crippen molar-refractivity contribution < 1.29 is 0 Å². The lowest BCUT2D eigenvalue weighted by molar-refractivity contribution is 0.841. The molecule has 0 saturated carbocycles. The first kappa shape index (κ1) is 12.3. The van der Waals surface area contributed by atoms with Crippen molar-refractivity contribution in [3.8, 4) is 0 Å². The number of hydrogen-bond donors (Lipinski definition) is 0. The Morgan fingerprint density at radius 1 is 1.24 bits per heavy atom. The summed E-state index contributed by atoms with van der Waals surface area (Å²) < 4.78 is 0. The number of hydrogen-bond acceptors (Lipinski definition) is 2. The molecule has 1 aromatic carbocycles. The van der Waals surface area contributed by atoms with E-state index in [0.29, 0.717) is 11.1 Å². The molecule has 0 bridgehead atoms. The molecule has 3 heteroatoms. The minimum Gasteiger partial charge on any atom is -0.233 e. The molecule has 0 atom stereocenters. The Kier molecular flexibility index (Phi) is 3.63. The van der Waals surface area contributed by atoms with Crippen LogP contribution in [0.5, 0.6) is 0 Å². The van der Waals surface area contributed by atoms with Gasteiger partial charge in [-0.2, -0.15) is 0 Å². The van der Waals surface area contributed by atoms with Crippen molar-refractivity contribution in [2.75, 3.05) is 0 Å². The fraction of sp³-hybridized carbons (Fsp3) is 0.429. The fourth-order valence-corrected chi connectivity index (χ4v) is 2.11. The van der Waals surface area contributed by atoms with Crippen molar-refractivity contribution in [1.29, 1.82) is 0 Å². The van der Waals surface area contributed by atoms with E-state index in [-0.39, 0.29) is 0 Å². The van der Waals surface area contributed by atoms with Crippen LogP contribution in [0, 0.1) is 0 Å². The molecule has 0 unspecified atom stereocenters. The summed E-state index contributed by atoms with van der Waals surface area (Å²) in [7, 11) is 0. The van der Waals surface area contributed by atoms with E-state index in [2.05, 4.69) is 42.9 Å². The van der Waals surface area contributed by atoms with E-state index in [0.717, 1.165) is 29.6 Å². The van der Waals surface area contributed by atoms with Crippen LogP contribution in [0.3, 0.4) is 0 Å². The summed E-state index contributed by atoms with van der Waals surface area (Å²) in [5.74, 6) is 1.34. The smallest absolute Gasteiger partial charge is 0.140 e. The van der Waals surface area contributed by atoms with Gasteiger partial charge < -0.3 is 0 Å².